The predicted molar refractivity (Wildman–Crippen MR) is 54.3 cm³/mol. The molecule has 0 saturated heterocycles. The summed E-state index contributed by atoms with van der Waals surface area (Å²) in [5, 5.41) is 2.61. The maximum absolute atomic E-state index is 11.0. The maximum atomic E-state index is 11.0. The number of nitrogens with one attached hydrogen (secondary N) is 1. The number of carbonyl (C=O) groups excluding carboxylic acids is 1. The fourth-order valence-corrected chi connectivity index (χ4v) is 1.71. The summed E-state index contributed by atoms with van der Waals surface area (Å²) < 4.78 is 0. The van der Waals surface area contributed by atoms with Gasteiger partial charge in [-0.05, 0) is 13.3 Å². The Morgan fingerprint density at radius 3 is 2.67 bits per heavy atom. The number of hydrogen-bond donors (Lipinski definition) is 2. The molecule has 0 aromatic carbocycles. The van der Waals surface area contributed by atoms with Gasteiger partial charge in [0.2, 0.25) is 5.91 Å². The van der Waals surface area contributed by atoms with Crippen LogP contribution >= 0.6 is 11.8 Å². The number of amides is 1. The van der Waals surface area contributed by atoms with Crippen molar-refractivity contribution in [1.82, 2.24) is 5.32 Å². The highest BCUT2D eigenvalue weighted by atomic mass is 32.2. The molecule has 0 aromatic rings. The Labute approximate surface area is 78.5 Å². The van der Waals surface area contributed by atoms with Gasteiger partial charge in [0.1, 0.15) is 0 Å². The van der Waals surface area contributed by atoms with Crippen molar-refractivity contribution >= 4 is 17.7 Å². The summed E-state index contributed by atoms with van der Waals surface area (Å²) in [6, 6.07) is 0.210. The Balaban J connectivity index is 3.56. The van der Waals surface area contributed by atoms with Crippen LogP contribution in [0.3, 0.4) is 0 Å². The first kappa shape index (κ1) is 11.8. The molecule has 0 spiro atoms. The summed E-state index contributed by atoms with van der Waals surface area (Å²) in [6.45, 7) is 3.95. The minimum Gasteiger partial charge on any atom is -0.358 e. The molecule has 2 atom stereocenters. The smallest absolute Gasteiger partial charge is 0.232 e. The van der Waals surface area contributed by atoms with Crippen LogP contribution in [0.2, 0.25) is 0 Å². The molecule has 2 unspecified atom stereocenters. The number of hydrogen-bond acceptors (Lipinski definition) is 3. The largest absolute Gasteiger partial charge is 0.358 e. The van der Waals surface area contributed by atoms with Crippen molar-refractivity contribution in [3.63, 3.8) is 0 Å². The van der Waals surface area contributed by atoms with Crippen LogP contribution in [-0.2, 0) is 4.79 Å². The molecule has 3 nitrogen and oxygen atoms in total. The van der Waals surface area contributed by atoms with E-state index in [2.05, 4.69) is 12.2 Å². The molecule has 0 aliphatic rings. The third-order valence-electron chi connectivity index (χ3n) is 1.70. The van der Waals surface area contributed by atoms with E-state index in [9.17, 15) is 4.79 Å². The number of carbonyl (C=O) groups is 1. The Morgan fingerprint density at radius 1 is 1.67 bits per heavy atom. The van der Waals surface area contributed by atoms with Crippen LogP contribution in [0.5, 0.6) is 0 Å². The van der Waals surface area contributed by atoms with Gasteiger partial charge >= 0.3 is 0 Å². The Morgan fingerprint density at radius 2 is 2.25 bits per heavy atom. The quantitative estimate of drug-likeness (QED) is 0.667. The highest BCUT2D eigenvalue weighted by molar-refractivity contribution is 8.00. The molecule has 0 aliphatic heterocycles. The van der Waals surface area contributed by atoms with Crippen molar-refractivity contribution in [1.29, 1.82) is 0 Å². The minimum atomic E-state index is 0.00704. The lowest BCUT2D eigenvalue weighted by atomic mass is 10.3. The number of thioether (sulfide) groups is 1. The van der Waals surface area contributed by atoms with E-state index in [0.717, 1.165) is 12.2 Å². The van der Waals surface area contributed by atoms with Crippen molar-refractivity contribution in [3.8, 4) is 0 Å². The predicted octanol–water partition coefficient (Wildman–Crippen LogP) is 0.591. The highest BCUT2D eigenvalue weighted by Gasteiger charge is 2.12. The van der Waals surface area contributed by atoms with Crippen LogP contribution in [0.4, 0.5) is 0 Å². The molecule has 0 radical (unpaired) electrons. The molecule has 0 fully saturated rings. The SMILES string of the molecule is CCC(N)CSC(C)C(=O)NC. The lowest BCUT2D eigenvalue weighted by Crippen LogP contribution is -2.30. The monoisotopic (exact) mass is 190 g/mol. The fourth-order valence-electron chi connectivity index (χ4n) is 0.665. The Bertz CT molecular complexity index is 141. The third kappa shape index (κ3) is 4.62. The normalized spacial score (nSPS) is 15.3. The summed E-state index contributed by atoms with van der Waals surface area (Å²) >= 11 is 1.60. The molecule has 3 N–H and O–H groups in total. The van der Waals surface area contributed by atoms with E-state index in [0.29, 0.717) is 0 Å². The van der Waals surface area contributed by atoms with Crippen LogP contribution in [-0.4, -0.2) is 30.0 Å². The van der Waals surface area contributed by atoms with E-state index in [4.69, 9.17) is 5.73 Å². The maximum Gasteiger partial charge on any atom is 0.232 e. The van der Waals surface area contributed by atoms with Crippen LogP contribution in [0.25, 0.3) is 0 Å². The van der Waals surface area contributed by atoms with Crippen LogP contribution < -0.4 is 11.1 Å². The molecule has 0 bridgehead atoms. The standard InChI is InChI=1S/C8H18N2OS/c1-4-7(9)5-12-6(2)8(11)10-3/h6-7H,4-5,9H2,1-3H3,(H,10,11). The lowest BCUT2D eigenvalue weighted by molar-refractivity contribution is -0.119. The van der Waals surface area contributed by atoms with Gasteiger partial charge in [0.25, 0.3) is 0 Å². The van der Waals surface area contributed by atoms with E-state index in [1.54, 1.807) is 18.8 Å². The molecule has 0 saturated carbocycles. The summed E-state index contributed by atoms with van der Waals surface area (Å²) in [7, 11) is 1.65. The molecule has 4 heteroatoms. The van der Waals surface area contributed by atoms with E-state index in [1.165, 1.54) is 0 Å². The first-order chi connectivity index (χ1) is 5.61. The summed E-state index contributed by atoms with van der Waals surface area (Å²) in [4.78, 5) is 11.0. The Hall–Kier alpha value is -0.220. The molecular weight excluding hydrogens is 172 g/mol. The second-order valence-corrected chi connectivity index (χ2v) is 4.13. The minimum absolute atomic E-state index is 0.00704. The summed E-state index contributed by atoms with van der Waals surface area (Å²) in [5.74, 6) is 0.925. The second kappa shape index (κ2) is 6.31. The van der Waals surface area contributed by atoms with E-state index < -0.39 is 0 Å². The number of rotatable bonds is 5. The van der Waals surface area contributed by atoms with Crippen molar-refractivity contribution in [2.24, 2.45) is 5.73 Å². The average Bonchev–Trinajstić information content (AvgIpc) is 2.11. The van der Waals surface area contributed by atoms with Gasteiger partial charge in [-0.3, -0.25) is 4.79 Å². The molecule has 1 amide bonds. The highest BCUT2D eigenvalue weighted by Crippen LogP contribution is 2.11. The molecule has 12 heavy (non-hydrogen) atoms. The van der Waals surface area contributed by atoms with Gasteiger partial charge in [-0.1, -0.05) is 6.92 Å². The molecule has 72 valence electrons. The van der Waals surface area contributed by atoms with Crippen LogP contribution in [0, 0.1) is 0 Å². The van der Waals surface area contributed by atoms with Crippen LogP contribution in [0.15, 0.2) is 0 Å². The van der Waals surface area contributed by atoms with Gasteiger partial charge < -0.3 is 11.1 Å². The summed E-state index contributed by atoms with van der Waals surface area (Å²) in [5.41, 5.74) is 5.71. The van der Waals surface area contributed by atoms with Gasteiger partial charge in [-0.2, -0.15) is 0 Å². The van der Waals surface area contributed by atoms with Gasteiger partial charge in [0.15, 0.2) is 0 Å². The van der Waals surface area contributed by atoms with Gasteiger partial charge in [0.05, 0.1) is 5.25 Å². The molecule has 0 aromatic heterocycles. The zero-order chi connectivity index (χ0) is 9.56. The average molecular weight is 190 g/mol. The van der Waals surface area contributed by atoms with E-state index >= 15 is 0 Å². The van der Waals surface area contributed by atoms with E-state index in [1.807, 2.05) is 6.92 Å². The van der Waals surface area contributed by atoms with Crippen molar-refractivity contribution in [3.05, 3.63) is 0 Å². The number of nitrogens with two attached hydrogens (primary N) is 1. The first-order valence-electron chi connectivity index (χ1n) is 4.20. The van der Waals surface area contributed by atoms with Gasteiger partial charge in [-0.15, -0.1) is 11.8 Å². The second-order valence-electron chi connectivity index (χ2n) is 2.76. The molecule has 0 aliphatic carbocycles. The lowest BCUT2D eigenvalue weighted by Gasteiger charge is -2.12. The van der Waals surface area contributed by atoms with Gasteiger partial charge in [-0.25, -0.2) is 0 Å². The molecular formula is C8H18N2OS. The van der Waals surface area contributed by atoms with Crippen molar-refractivity contribution < 1.29 is 4.79 Å². The fraction of sp³-hybridized carbons (Fsp3) is 0.875. The van der Waals surface area contributed by atoms with Crippen molar-refractivity contribution in [2.45, 2.75) is 31.6 Å². The zero-order valence-corrected chi connectivity index (χ0v) is 8.78. The van der Waals surface area contributed by atoms with Crippen molar-refractivity contribution in [2.75, 3.05) is 12.8 Å². The first-order valence-corrected chi connectivity index (χ1v) is 5.25. The van der Waals surface area contributed by atoms with Gasteiger partial charge in [0, 0.05) is 18.8 Å². The van der Waals surface area contributed by atoms with Crippen LogP contribution in [0.1, 0.15) is 20.3 Å². The molecule has 0 rings (SSSR count). The molecule has 0 heterocycles. The summed E-state index contributed by atoms with van der Waals surface area (Å²) in [6.07, 6.45) is 0.966. The third-order valence-corrected chi connectivity index (χ3v) is 3.03. The Kier molecular flexibility index (Phi) is 6.20. The topological polar surface area (TPSA) is 55.1 Å². The zero-order valence-electron chi connectivity index (χ0n) is 7.96. The van der Waals surface area contributed by atoms with E-state index in [-0.39, 0.29) is 17.2 Å².